The fraction of sp³-hybridized carbons (Fsp3) is 0.684. The molecule has 0 fully saturated rings. The Hall–Kier alpha value is -1.80. The smallest absolute Gasteiger partial charge is 0.00914 e. The van der Waals surface area contributed by atoms with Gasteiger partial charge in [0, 0.05) is 12.1 Å². The molecule has 44 heavy (non-hydrogen) atoms. The highest BCUT2D eigenvalue weighted by Crippen LogP contribution is 2.24. The lowest BCUT2D eigenvalue weighted by Gasteiger charge is -2.17. The minimum absolute atomic E-state index is 0.141. The molecule has 250 valence electrons. The number of rotatable bonds is 29. The van der Waals surface area contributed by atoms with Crippen LogP contribution >= 0.6 is 0 Å². The van der Waals surface area contributed by atoms with Gasteiger partial charge in [-0.25, -0.2) is 0 Å². The van der Waals surface area contributed by atoms with Gasteiger partial charge in [0.05, 0.1) is 0 Å². The van der Waals surface area contributed by atoms with Gasteiger partial charge in [-0.05, 0) is 126 Å². The molecule has 6 nitrogen and oxygen atoms in total. The average molecular weight is 609 g/mol. The highest BCUT2D eigenvalue weighted by Gasteiger charge is 2.11. The van der Waals surface area contributed by atoms with Crippen molar-refractivity contribution in [3.63, 3.8) is 0 Å². The van der Waals surface area contributed by atoms with E-state index in [1.807, 2.05) is 0 Å². The van der Waals surface area contributed by atoms with E-state index in [-0.39, 0.29) is 12.1 Å². The number of hydrogen-bond acceptors (Lipinski definition) is 6. The van der Waals surface area contributed by atoms with Crippen LogP contribution < -0.4 is 32.7 Å². The van der Waals surface area contributed by atoms with Crippen LogP contribution in [-0.4, -0.2) is 64.4 Å². The van der Waals surface area contributed by atoms with Crippen molar-refractivity contribution in [3.05, 3.63) is 59.7 Å². The van der Waals surface area contributed by atoms with Crippen LogP contribution in [0.3, 0.4) is 0 Å². The molecule has 0 aliphatic rings. The molecule has 2 aromatic carbocycles. The summed E-state index contributed by atoms with van der Waals surface area (Å²) in [5.74, 6) is 0. The topological polar surface area (TPSA) is 100 Å². The molecule has 0 aliphatic heterocycles. The van der Waals surface area contributed by atoms with Crippen molar-refractivity contribution >= 4 is 0 Å². The molecule has 0 bridgehead atoms. The Morgan fingerprint density at radius 2 is 0.909 bits per heavy atom. The first-order valence-corrected chi connectivity index (χ1v) is 18.1. The van der Waals surface area contributed by atoms with Gasteiger partial charge >= 0.3 is 0 Å². The second-order valence-corrected chi connectivity index (χ2v) is 12.7. The predicted molar refractivity (Wildman–Crippen MR) is 193 cm³/mol. The van der Waals surface area contributed by atoms with Gasteiger partial charge in [0.15, 0.2) is 0 Å². The second kappa shape index (κ2) is 26.4. The van der Waals surface area contributed by atoms with Gasteiger partial charge in [-0.3, -0.25) is 0 Å². The third-order valence-electron chi connectivity index (χ3n) is 8.37. The van der Waals surface area contributed by atoms with Crippen LogP contribution in [-0.2, 0) is 12.8 Å². The molecular formula is C38H68N6. The lowest BCUT2D eigenvalue weighted by atomic mass is 9.93. The Bertz CT molecular complexity index is 869. The standard InChI is InChI=1S/C38H68N6/c1-3-5-7-12-20-41-22-14-24-43-26-18-37(39)31-33-28-34(30-36(29-33)35-16-10-9-11-17-35)32-38(40)19-27-44-25-15-23-42-21-13-8-6-4-2/h9-11,16-17,28-30,37-38,41-44H,3-8,12-15,18-27,31-32,39-40H2,1-2H3. The largest absolute Gasteiger partial charge is 0.327 e. The molecule has 8 N–H and O–H groups in total. The van der Waals surface area contributed by atoms with Crippen LogP contribution in [0.2, 0.25) is 0 Å². The van der Waals surface area contributed by atoms with Gasteiger partial charge in [-0.1, -0.05) is 101 Å². The van der Waals surface area contributed by atoms with E-state index in [1.54, 1.807) is 0 Å². The molecule has 0 spiro atoms. The van der Waals surface area contributed by atoms with Crippen LogP contribution in [0.5, 0.6) is 0 Å². The maximum Gasteiger partial charge on any atom is 0.00914 e. The van der Waals surface area contributed by atoms with Crippen molar-refractivity contribution < 1.29 is 0 Å². The lowest BCUT2D eigenvalue weighted by Crippen LogP contribution is -2.30. The van der Waals surface area contributed by atoms with Crippen LogP contribution in [0.1, 0.15) is 102 Å². The Morgan fingerprint density at radius 1 is 0.477 bits per heavy atom. The maximum atomic E-state index is 6.63. The van der Waals surface area contributed by atoms with E-state index in [0.717, 1.165) is 90.9 Å². The van der Waals surface area contributed by atoms with E-state index < -0.39 is 0 Å². The van der Waals surface area contributed by atoms with E-state index in [2.05, 4.69) is 83.6 Å². The highest BCUT2D eigenvalue weighted by molar-refractivity contribution is 5.65. The summed E-state index contributed by atoms with van der Waals surface area (Å²) in [6.07, 6.45) is 16.7. The van der Waals surface area contributed by atoms with E-state index >= 15 is 0 Å². The zero-order valence-electron chi connectivity index (χ0n) is 28.5. The number of nitrogens with one attached hydrogen (secondary N) is 4. The SMILES string of the molecule is CCCCCCNCCCNCCC(N)Cc1cc(CC(N)CCNCCCNCCCCCC)cc(-c2ccccc2)c1. The van der Waals surface area contributed by atoms with Gasteiger partial charge in [0.2, 0.25) is 0 Å². The Kier molecular flexibility index (Phi) is 23.0. The van der Waals surface area contributed by atoms with Gasteiger partial charge in [-0.15, -0.1) is 0 Å². The summed E-state index contributed by atoms with van der Waals surface area (Å²) in [4.78, 5) is 0. The summed E-state index contributed by atoms with van der Waals surface area (Å²) in [5, 5.41) is 14.3. The predicted octanol–water partition coefficient (Wildman–Crippen LogP) is 6.17. The molecule has 2 aromatic rings. The number of nitrogens with two attached hydrogens (primary N) is 2. The minimum atomic E-state index is 0.141. The molecule has 2 rings (SSSR count). The molecule has 0 saturated carbocycles. The third-order valence-corrected chi connectivity index (χ3v) is 8.37. The zero-order chi connectivity index (χ0) is 31.5. The average Bonchev–Trinajstić information content (AvgIpc) is 3.02. The second-order valence-electron chi connectivity index (χ2n) is 12.7. The summed E-state index contributed by atoms with van der Waals surface area (Å²) in [7, 11) is 0. The number of hydrogen-bond donors (Lipinski definition) is 6. The Labute approximate surface area is 271 Å². The fourth-order valence-corrected chi connectivity index (χ4v) is 5.71. The summed E-state index contributed by atoms with van der Waals surface area (Å²) < 4.78 is 0. The van der Waals surface area contributed by atoms with E-state index in [0.29, 0.717) is 0 Å². The first-order valence-electron chi connectivity index (χ1n) is 18.1. The monoisotopic (exact) mass is 609 g/mol. The zero-order valence-corrected chi connectivity index (χ0v) is 28.5. The molecule has 0 amide bonds. The first-order chi connectivity index (χ1) is 21.6. The third kappa shape index (κ3) is 19.6. The van der Waals surface area contributed by atoms with Crippen LogP contribution in [0.25, 0.3) is 11.1 Å². The van der Waals surface area contributed by atoms with Crippen molar-refractivity contribution in [3.8, 4) is 11.1 Å². The fourth-order valence-electron chi connectivity index (χ4n) is 5.71. The maximum absolute atomic E-state index is 6.63. The normalized spacial score (nSPS) is 12.9. The van der Waals surface area contributed by atoms with Gasteiger partial charge < -0.3 is 32.7 Å². The molecular weight excluding hydrogens is 540 g/mol. The first kappa shape index (κ1) is 38.4. The minimum Gasteiger partial charge on any atom is -0.327 e. The van der Waals surface area contributed by atoms with E-state index in [4.69, 9.17) is 11.5 Å². The highest BCUT2D eigenvalue weighted by atomic mass is 14.9. The summed E-state index contributed by atoms with van der Waals surface area (Å²) >= 11 is 0. The van der Waals surface area contributed by atoms with Crippen LogP contribution in [0.15, 0.2) is 48.5 Å². The van der Waals surface area contributed by atoms with Gasteiger partial charge in [0.25, 0.3) is 0 Å². The van der Waals surface area contributed by atoms with E-state index in [9.17, 15) is 0 Å². The van der Waals surface area contributed by atoms with Crippen LogP contribution in [0, 0.1) is 0 Å². The molecule has 0 heterocycles. The Morgan fingerprint density at radius 3 is 1.36 bits per heavy atom. The molecule has 0 aromatic heterocycles. The van der Waals surface area contributed by atoms with Gasteiger partial charge in [0.1, 0.15) is 0 Å². The van der Waals surface area contributed by atoms with E-state index in [1.165, 1.54) is 73.6 Å². The molecule has 0 aliphatic carbocycles. The number of unbranched alkanes of at least 4 members (excludes halogenated alkanes) is 6. The molecule has 0 radical (unpaired) electrons. The lowest BCUT2D eigenvalue weighted by molar-refractivity contribution is 0.531. The van der Waals surface area contributed by atoms with Crippen molar-refractivity contribution in [2.75, 3.05) is 52.4 Å². The van der Waals surface area contributed by atoms with Crippen molar-refractivity contribution in [1.29, 1.82) is 0 Å². The summed E-state index contributed by atoms with van der Waals surface area (Å²) in [6.45, 7) is 13.0. The molecule has 0 saturated heterocycles. The molecule has 2 atom stereocenters. The quantitative estimate of drug-likeness (QED) is 0.0618. The van der Waals surface area contributed by atoms with Crippen LogP contribution in [0.4, 0.5) is 0 Å². The summed E-state index contributed by atoms with van der Waals surface area (Å²) in [5.41, 5.74) is 18.4. The number of benzene rings is 2. The van der Waals surface area contributed by atoms with Crippen molar-refractivity contribution in [2.24, 2.45) is 11.5 Å². The summed E-state index contributed by atoms with van der Waals surface area (Å²) in [6, 6.07) is 17.9. The van der Waals surface area contributed by atoms with Crippen molar-refractivity contribution in [1.82, 2.24) is 21.3 Å². The molecule has 2 unspecified atom stereocenters. The van der Waals surface area contributed by atoms with Gasteiger partial charge in [-0.2, -0.15) is 0 Å². The molecule has 6 heteroatoms. The Balaban J connectivity index is 1.72. The van der Waals surface area contributed by atoms with Crippen molar-refractivity contribution in [2.45, 2.75) is 116 Å².